The van der Waals surface area contributed by atoms with Gasteiger partial charge in [0.15, 0.2) is 0 Å². The molecule has 0 radical (unpaired) electrons. The zero-order valence-corrected chi connectivity index (χ0v) is 19.9. The van der Waals surface area contributed by atoms with Crippen molar-refractivity contribution in [1.82, 2.24) is 4.31 Å². The van der Waals surface area contributed by atoms with Gasteiger partial charge in [0.05, 0.1) is 6.61 Å². The van der Waals surface area contributed by atoms with Gasteiger partial charge < -0.3 is 10.1 Å². The van der Waals surface area contributed by atoms with Gasteiger partial charge in [0.25, 0.3) is 0 Å². The number of thioether (sulfide) groups is 1. The molecule has 0 aromatic heterocycles. The molecule has 31 heavy (non-hydrogen) atoms. The highest BCUT2D eigenvalue weighted by Crippen LogP contribution is 2.32. The van der Waals surface area contributed by atoms with Crippen molar-refractivity contribution in [3.05, 3.63) is 47.5 Å². The number of anilines is 1. The van der Waals surface area contributed by atoms with Gasteiger partial charge in [-0.25, -0.2) is 8.42 Å². The smallest absolute Gasteiger partial charge is 0.246 e. The number of aryl methyl sites for hydroxylation is 2. The van der Waals surface area contributed by atoms with Gasteiger partial charge in [-0.3, -0.25) is 4.79 Å². The SMILES string of the molecule is CCOc1ccc(NC(=O)CCSc2ccc(C)c(C)c2)cc1S(=O)(=O)N1CCCC1. The molecule has 1 saturated heterocycles. The molecule has 0 spiro atoms. The van der Waals surface area contributed by atoms with Crippen molar-refractivity contribution < 1.29 is 17.9 Å². The van der Waals surface area contributed by atoms with Crippen LogP contribution in [0.1, 0.15) is 37.3 Å². The number of hydrogen-bond acceptors (Lipinski definition) is 5. The Kier molecular flexibility index (Phi) is 8.02. The van der Waals surface area contributed by atoms with Crippen molar-refractivity contribution >= 4 is 33.4 Å². The topological polar surface area (TPSA) is 75.7 Å². The molecular weight excluding hydrogens is 432 g/mol. The van der Waals surface area contributed by atoms with E-state index in [9.17, 15) is 13.2 Å². The third-order valence-corrected chi connectivity index (χ3v) is 8.20. The van der Waals surface area contributed by atoms with Crippen LogP contribution in [0, 0.1) is 13.8 Å². The summed E-state index contributed by atoms with van der Waals surface area (Å²) in [4.78, 5) is 13.7. The lowest BCUT2D eigenvalue weighted by Crippen LogP contribution is -2.28. The molecule has 0 unspecified atom stereocenters. The number of nitrogens with zero attached hydrogens (tertiary/aromatic N) is 1. The van der Waals surface area contributed by atoms with Crippen LogP contribution in [-0.4, -0.2) is 44.1 Å². The summed E-state index contributed by atoms with van der Waals surface area (Å²) >= 11 is 1.63. The predicted molar refractivity (Wildman–Crippen MR) is 125 cm³/mol. The molecule has 2 aromatic rings. The Morgan fingerprint density at radius 3 is 2.52 bits per heavy atom. The zero-order valence-electron chi connectivity index (χ0n) is 18.3. The maximum atomic E-state index is 13.1. The summed E-state index contributed by atoms with van der Waals surface area (Å²) in [5.74, 6) is 0.812. The first-order valence-corrected chi connectivity index (χ1v) is 13.0. The van der Waals surface area contributed by atoms with Gasteiger partial charge in [-0.2, -0.15) is 4.31 Å². The average Bonchev–Trinajstić information content (AvgIpc) is 3.28. The molecule has 1 amide bonds. The number of amides is 1. The lowest BCUT2D eigenvalue weighted by Gasteiger charge is -2.19. The summed E-state index contributed by atoms with van der Waals surface area (Å²) in [6.07, 6.45) is 2.05. The molecule has 1 N–H and O–H groups in total. The first kappa shape index (κ1) is 23.6. The molecule has 6 nitrogen and oxygen atoms in total. The van der Waals surface area contributed by atoms with Crippen LogP contribution < -0.4 is 10.1 Å². The first-order chi connectivity index (χ1) is 14.8. The number of ether oxygens (including phenoxy) is 1. The quantitative estimate of drug-likeness (QED) is 0.551. The van der Waals surface area contributed by atoms with E-state index >= 15 is 0 Å². The maximum absolute atomic E-state index is 13.1. The van der Waals surface area contributed by atoms with E-state index in [1.54, 1.807) is 23.9 Å². The van der Waals surface area contributed by atoms with Gasteiger partial charge in [0, 0.05) is 35.8 Å². The molecule has 0 saturated carbocycles. The predicted octanol–water partition coefficient (Wildman–Crippen LogP) is 4.61. The van der Waals surface area contributed by atoms with Crippen LogP contribution in [-0.2, 0) is 14.8 Å². The minimum Gasteiger partial charge on any atom is -0.492 e. The molecule has 2 aromatic carbocycles. The van der Waals surface area contributed by atoms with Crippen LogP contribution in [0.4, 0.5) is 5.69 Å². The number of carbonyl (C=O) groups excluding carboxylic acids is 1. The van der Waals surface area contributed by atoms with Crippen molar-refractivity contribution in [3.63, 3.8) is 0 Å². The van der Waals surface area contributed by atoms with Gasteiger partial charge in [-0.15, -0.1) is 11.8 Å². The third-order valence-electron chi connectivity index (χ3n) is 5.29. The summed E-state index contributed by atoms with van der Waals surface area (Å²) < 4.78 is 33.2. The van der Waals surface area contributed by atoms with Crippen molar-refractivity contribution in [3.8, 4) is 5.75 Å². The van der Waals surface area contributed by atoms with Crippen LogP contribution in [0.25, 0.3) is 0 Å². The van der Waals surface area contributed by atoms with Crippen molar-refractivity contribution in [1.29, 1.82) is 0 Å². The van der Waals surface area contributed by atoms with Gasteiger partial charge in [0.2, 0.25) is 15.9 Å². The summed E-state index contributed by atoms with van der Waals surface area (Å²) in [6, 6.07) is 11.1. The van der Waals surface area contributed by atoms with Gasteiger partial charge in [0.1, 0.15) is 10.6 Å². The number of hydrogen-bond donors (Lipinski definition) is 1. The molecule has 8 heteroatoms. The number of sulfonamides is 1. The van der Waals surface area contributed by atoms with E-state index in [1.165, 1.54) is 21.5 Å². The Balaban J connectivity index is 1.66. The van der Waals surface area contributed by atoms with Crippen LogP contribution in [0.15, 0.2) is 46.2 Å². The van der Waals surface area contributed by atoms with E-state index in [4.69, 9.17) is 4.74 Å². The summed E-state index contributed by atoms with van der Waals surface area (Å²) in [5, 5.41) is 2.83. The minimum absolute atomic E-state index is 0.110. The summed E-state index contributed by atoms with van der Waals surface area (Å²) in [7, 11) is -3.66. The Morgan fingerprint density at radius 1 is 1.10 bits per heavy atom. The van der Waals surface area contributed by atoms with E-state index in [0.717, 1.165) is 17.7 Å². The molecular formula is C23H30N2O4S2. The molecule has 1 heterocycles. The Hall–Kier alpha value is -2.03. The number of rotatable bonds is 9. The second-order valence-electron chi connectivity index (χ2n) is 7.60. The highest BCUT2D eigenvalue weighted by atomic mass is 32.2. The minimum atomic E-state index is -3.66. The van der Waals surface area contributed by atoms with Crippen molar-refractivity contribution in [2.45, 2.75) is 49.8 Å². The highest BCUT2D eigenvalue weighted by molar-refractivity contribution is 7.99. The molecule has 0 bridgehead atoms. The zero-order chi connectivity index (χ0) is 22.4. The molecule has 0 aliphatic carbocycles. The Bertz CT molecular complexity index is 1030. The molecule has 1 fully saturated rings. The summed E-state index contributed by atoms with van der Waals surface area (Å²) in [6.45, 7) is 7.36. The van der Waals surface area contributed by atoms with Crippen LogP contribution in [0.5, 0.6) is 5.75 Å². The van der Waals surface area contributed by atoms with Crippen LogP contribution in [0.3, 0.4) is 0 Å². The van der Waals surface area contributed by atoms with Crippen LogP contribution in [0.2, 0.25) is 0 Å². The second-order valence-corrected chi connectivity index (χ2v) is 10.7. The van der Waals surface area contributed by atoms with Gasteiger partial charge in [-0.1, -0.05) is 6.07 Å². The first-order valence-electron chi connectivity index (χ1n) is 10.6. The number of benzene rings is 2. The summed E-state index contributed by atoms with van der Waals surface area (Å²) in [5.41, 5.74) is 2.94. The molecule has 1 aliphatic heterocycles. The van der Waals surface area contributed by atoms with Crippen LogP contribution >= 0.6 is 11.8 Å². The van der Waals surface area contributed by atoms with E-state index < -0.39 is 10.0 Å². The van der Waals surface area contributed by atoms with E-state index in [2.05, 4.69) is 37.4 Å². The van der Waals surface area contributed by atoms with Gasteiger partial charge in [-0.05, 0) is 75.1 Å². The fourth-order valence-electron chi connectivity index (χ4n) is 3.42. The third kappa shape index (κ3) is 6.02. The van der Waals surface area contributed by atoms with E-state index in [-0.39, 0.29) is 10.8 Å². The lowest BCUT2D eigenvalue weighted by atomic mass is 10.1. The standard InChI is InChI=1S/C23H30N2O4S2/c1-4-29-21-10-8-19(16-22(21)31(27,28)25-12-5-6-13-25)24-23(26)11-14-30-20-9-7-17(2)18(3)15-20/h7-10,15-16H,4-6,11-14H2,1-3H3,(H,24,26). The Morgan fingerprint density at radius 2 is 1.84 bits per heavy atom. The normalized spacial score (nSPS) is 14.5. The fourth-order valence-corrected chi connectivity index (χ4v) is 6.04. The van der Waals surface area contributed by atoms with Crippen molar-refractivity contribution in [2.24, 2.45) is 0 Å². The Labute approximate surface area is 189 Å². The highest BCUT2D eigenvalue weighted by Gasteiger charge is 2.30. The molecule has 0 atom stereocenters. The van der Waals surface area contributed by atoms with Gasteiger partial charge >= 0.3 is 0 Å². The molecule has 3 rings (SSSR count). The number of carbonyl (C=O) groups is 1. The van der Waals surface area contributed by atoms with E-state index in [0.29, 0.717) is 43.3 Å². The van der Waals surface area contributed by atoms with Crippen molar-refractivity contribution in [2.75, 3.05) is 30.8 Å². The molecule has 1 aliphatic rings. The maximum Gasteiger partial charge on any atom is 0.246 e. The van der Waals surface area contributed by atoms with E-state index in [1.807, 2.05) is 6.92 Å². The average molecular weight is 463 g/mol. The fraction of sp³-hybridized carbons (Fsp3) is 0.435. The largest absolute Gasteiger partial charge is 0.492 e. The molecule has 168 valence electrons. The lowest BCUT2D eigenvalue weighted by molar-refractivity contribution is -0.115. The monoisotopic (exact) mass is 462 g/mol. The number of nitrogens with one attached hydrogen (secondary N) is 1. The second kappa shape index (κ2) is 10.5.